The molecule has 0 spiro atoms. The van der Waals surface area contributed by atoms with Gasteiger partial charge in [0.15, 0.2) is 0 Å². The molecular weight excluding hydrogens is 122 g/mol. The largest absolute Gasteiger partial charge is 0.310 e. The third kappa shape index (κ3) is 4.80. The monoisotopic (exact) mass is 143 g/mol. The second kappa shape index (κ2) is 3.97. The minimum atomic E-state index is 0.322. The number of rotatable bonds is 4. The molecule has 0 saturated heterocycles. The molecule has 0 aromatic rings. The van der Waals surface area contributed by atoms with Gasteiger partial charge >= 0.3 is 0 Å². The first-order valence-electron chi connectivity index (χ1n) is 4.25. The smallest absolute Gasteiger partial charge is 0.0127 e. The molecule has 0 heterocycles. The topological polar surface area (TPSA) is 12.0 Å². The summed E-state index contributed by atoms with van der Waals surface area (Å²) in [4.78, 5) is 0. The Morgan fingerprint density at radius 2 is 1.80 bits per heavy atom. The predicted molar refractivity (Wildman–Crippen MR) is 47.3 cm³/mol. The number of hydrogen-bond donors (Lipinski definition) is 1. The van der Waals surface area contributed by atoms with Crippen molar-refractivity contribution in [3.8, 4) is 0 Å². The Balaban J connectivity index is 3.63. The highest BCUT2D eigenvalue weighted by atomic mass is 15.0. The van der Waals surface area contributed by atoms with E-state index in [0.717, 1.165) is 0 Å². The quantitative estimate of drug-likeness (QED) is 0.637. The van der Waals surface area contributed by atoms with E-state index in [1.807, 2.05) is 0 Å². The summed E-state index contributed by atoms with van der Waals surface area (Å²) in [6.45, 7) is 11.1. The predicted octanol–water partition coefficient (Wildman–Crippen LogP) is 2.56. The van der Waals surface area contributed by atoms with Gasteiger partial charge in [-0.3, -0.25) is 0 Å². The molecule has 62 valence electrons. The van der Waals surface area contributed by atoms with Crippen molar-refractivity contribution in [2.75, 3.05) is 0 Å². The lowest BCUT2D eigenvalue weighted by molar-refractivity contribution is 0.330. The highest BCUT2D eigenvalue weighted by Crippen LogP contribution is 2.11. The van der Waals surface area contributed by atoms with Crippen LogP contribution in [0, 0.1) is 0 Å². The van der Waals surface area contributed by atoms with Gasteiger partial charge in [0.25, 0.3) is 0 Å². The fourth-order valence-corrected chi connectivity index (χ4v) is 1.48. The van der Waals surface area contributed by atoms with Crippen molar-refractivity contribution in [1.82, 2.24) is 5.32 Å². The van der Waals surface area contributed by atoms with E-state index in [9.17, 15) is 0 Å². The van der Waals surface area contributed by atoms with Gasteiger partial charge in [-0.25, -0.2) is 0 Å². The third-order valence-corrected chi connectivity index (χ3v) is 1.55. The summed E-state index contributed by atoms with van der Waals surface area (Å²) in [5, 5.41) is 3.52. The average Bonchev–Trinajstić information content (AvgIpc) is 1.59. The summed E-state index contributed by atoms with van der Waals surface area (Å²) in [6, 6.07) is 0.599. The molecular formula is C9H21N. The van der Waals surface area contributed by atoms with Crippen LogP contribution in [0.3, 0.4) is 0 Å². The normalized spacial score (nSPS) is 12.6. The Bertz CT molecular complexity index is 84.7. The molecule has 1 nitrogen and oxygen atoms in total. The standard InChI is InChI=1S/C9H21N/c1-6-7-9(4,5)10-8(2)3/h8,10H,6-7H2,1-5H3. The van der Waals surface area contributed by atoms with Crippen molar-refractivity contribution in [3.63, 3.8) is 0 Å². The highest BCUT2D eigenvalue weighted by molar-refractivity contribution is 4.78. The average molecular weight is 143 g/mol. The summed E-state index contributed by atoms with van der Waals surface area (Å²) in [5.74, 6) is 0. The molecule has 0 saturated carbocycles. The van der Waals surface area contributed by atoms with Gasteiger partial charge in [0.2, 0.25) is 0 Å². The zero-order valence-corrected chi connectivity index (χ0v) is 7.99. The van der Waals surface area contributed by atoms with Crippen LogP contribution in [0.2, 0.25) is 0 Å². The lowest BCUT2D eigenvalue weighted by atomic mass is 9.98. The maximum absolute atomic E-state index is 3.52. The Hall–Kier alpha value is -0.0400. The molecule has 0 aliphatic heterocycles. The summed E-state index contributed by atoms with van der Waals surface area (Å²) in [5.41, 5.74) is 0.322. The van der Waals surface area contributed by atoms with Crippen molar-refractivity contribution < 1.29 is 0 Å². The lowest BCUT2D eigenvalue weighted by Crippen LogP contribution is -2.43. The second-order valence-electron chi connectivity index (χ2n) is 3.93. The van der Waals surface area contributed by atoms with Crippen LogP contribution in [-0.4, -0.2) is 11.6 Å². The van der Waals surface area contributed by atoms with Gasteiger partial charge in [0.1, 0.15) is 0 Å². The SMILES string of the molecule is CCCC(C)(C)NC(C)C. The molecule has 0 radical (unpaired) electrons. The molecule has 0 atom stereocenters. The maximum atomic E-state index is 3.52. The van der Waals surface area contributed by atoms with E-state index in [4.69, 9.17) is 0 Å². The van der Waals surface area contributed by atoms with Gasteiger partial charge in [-0.05, 0) is 20.3 Å². The molecule has 1 N–H and O–H groups in total. The van der Waals surface area contributed by atoms with Crippen LogP contribution in [0.1, 0.15) is 47.5 Å². The Labute approximate surface area is 65.2 Å². The molecule has 0 aliphatic rings. The van der Waals surface area contributed by atoms with Crippen LogP contribution in [0.4, 0.5) is 0 Å². The first-order chi connectivity index (χ1) is 4.48. The molecule has 0 unspecified atom stereocenters. The first kappa shape index (κ1) is 9.96. The van der Waals surface area contributed by atoms with E-state index in [0.29, 0.717) is 11.6 Å². The Kier molecular flexibility index (Phi) is 3.95. The molecule has 0 rings (SSSR count). The van der Waals surface area contributed by atoms with Crippen LogP contribution >= 0.6 is 0 Å². The van der Waals surface area contributed by atoms with Crippen LogP contribution in [0.15, 0.2) is 0 Å². The van der Waals surface area contributed by atoms with Crippen LogP contribution in [-0.2, 0) is 0 Å². The van der Waals surface area contributed by atoms with Crippen molar-refractivity contribution in [3.05, 3.63) is 0 Å². The van der Waals surface area contributed by atoms with Gasteiger partial charge in [0.05, 0.1) is 0 Å². The molecule has 1 heteroatoms. The van der Waals surface area contributed by atoms with E-state index in [2.05, 4.69) is 39.9 Å². The Morgan fingerprint density at radius 3 is 2.10 bits per heavy atom. The van der Waals surface area contributed by atoms with Crippen molar-refractivity contribution in [2.24, 2.45) is 0 Å². The zero-order chi connectivity index (χ0) is 8.20. The minimum Gasteiger partial charge on any atom is -0.310 e. The first-order valence-corrected chi connectivity index (χ1v) is 4.25. The van der Waals surface area contributed by atoms with Crippen molar-refractivity contribution in [2.45, 2.75) is 59.0 Å². The number of hydrogen-bond acceptors (Lipinski definition) is 1. The van der Waals surface area contributed by atoms with E-state index < -0.39 is 0 Å². The summed E-state index contributed by atoms with van der Waals surface area (Å²) in [6.07, 6.45) is 2.51. The summed E-state index contributed by atoms with van der Waals surface area (Å²) >= 11 is 0. The summed E-state index contributed by atoms with van der Waals surface area (Å²) < 4.78 is 0. The van der Waals surface area contributed by atoms with Crippen LogP contribution < -0.4 is 5.32 Å². The summed E-state index contributed by atoms with van der Waals surface area (Å²) in [7, 11) is 0. The number of nitrogens with one attached hydrogen (secondary N) is 1. The fraction of sp³-hybridized carbons (Fsp3) is 1.00. The van der Waals surface area contributed by atoms with Crippen LogP contribution in [0.5, 0.6) is 0 Å². The van der Waals surface area contributed by atoms with Gasteiger partial charge in [-0.15, -0.1) is 0 Å². The molecule has 0 bridgehead atoms. The van der Waals surface area contributed by atoms with E-state index in [-0.39, 0.29) is 0 Å². The molecule has 0 amide bonds. The van der Waals surface area contributed by atoms with E-state index >= 15 is 0 Å². The maximum Gasteiger partial charge on any atom is 0.0127 e. The fourth-order valence-electron chi connectivity index (χ4n) is 1.48. The highest BCUT2D eigenvalue weighted by Gasteiger charge is 2.15. The van der Waals surface area contributed by atoms with E-state index in [1.54, 1.807) is 0 Å². The van der Waals surface area contributed by atoms with Gasteiger partial charge in [0, 0.05) is 11.6 Å². The molecule has 10 heavy (non-hydrogen) atoms. The van der Waals surface area contributed by atoms with Gasteiger partial charge in [-0.1, -0.05) is 27.2 Å². The van der Waals surface area contributed by atoms with Gasteiger partial charge in [-0.2, -0.15) is 0 Å². The molecule has 0 aromatic heterocycles. The van der Waals surface area contributed by atoms with Crippen molar-refractivity contribution in [1.29, 1.82) is 0 Å². The van der Waals surface area contributed by atoms with E-state index in [1.165, 1.54) is 12.8 Å². The Morgan fingerprint density at radius 1 is 1.30 bits per heavy atom. The lowest BCUT2D eigenvalue weighted by Gasteiger charge is -2.28. The minimum absolute atomic E-state index is 0.322. The van der Waals surface area contributed by atoms with Gasteiger partial charge < -0.3 is 5.32 Å². The van der Waals surface area contributed by atoms with Crippen molar-refractivity contribution >= 4 is 0 Å². The van der Waals surface area contributed by atoms with Crippen LogP contribution in [0.25, 0.3) is 0 Å². The molecule has 0 aromatic carbocycles. The molecule has 0 aliphatic carbocycles. The molecule has 0 fully saturated rings. The second-order valence-corrected chi connectivity index (χ2v) is 3.93. The third-order valence-electron chi connectivity index (χ3n) is 1.55. The zero-order valence-electron chi connectivity index (χ0n) is 7.99.